The molecule has 1 saturated heterocycles. The number of nitrogens with zero attached hydrogens (tertiary/aromatic N) is 4. The van der Waals surface area contributed by atoms with Crippen molar-refractivity contribution in [2.45, 2.75) is 20.4 Å². The van der Waals surface area contributed by atoms with E-state index < -0.39 is 0 Å². The van der Waals surface area contributed by atoms with Gasteiger partial charge in [-0.15, -0.1) is 0 Å². The van der Waals surface area contributed by atoms with Gasteiger partial charge in [0, 0.05) is 31.9 Å². The van der Waals surface area contributed by atoms with Crippen LogP contribution in [-0.4, -0.2) is 35.7 Å². The molecule has 3 aromatic carbocycles. The highest BCUT2D eigenvalue weighted by molar-refractivity contribution is 5.78. The van der Waals surface area contributed by atoms with Crippen molar-refractivity contribution >= 4 is 22.5 Å². The standard InChI is InChI=1S/C27H28N4O/c1-20-9-8-14-25(21(20)2)29-15-17-30(18-16-29)27-28-24-13-7-6-12-23(24)26(32)31(27)19-22-10-4-3-5-11-22/h3-14H,15-19H2,1-2H3. The van der Waals surface area contributed by atoms with E-state index in [0.717, 1.165) is 43.2 Å². The Morgan fingerprint density at radius 3 is 2.25 bits per heavy atom. The van der Waals surface area contributed by atoms with Crippen LogP contribution in [0.15, 0.2) is 77.6 Å². The molecule has 1 fully saturated rings. The van der Waals surface area contributed by atoms with E-state index in [0.29, 0.717) is 11.9 Å². The average Bonchev–Trinajstić information content (AvgIpc) is 2.83. The Hall–Kier alpha value is -3.60. The summed E-state index contributed by atoms with van der Waals surface area (Å²) in [5, 5.41) is 0.668. The zero-order valence-corrected chi connectivity index (χ0v) is 18.7. The normalized spacial score (nSPS) is 14.2. The van der Waals surface area contributed by atoms with Crippen LogP contribution in [0.2, 0.25) is 0 Å². The molecule has 4 aromatic rings. The Labute approximate surface area is 188 Å². The molecule has 0 unspecified atom stereocenters. The maximum atomic E-state index is 13.5. The van der Waals surface area contributed by atoms with Gasteiger partial charge < -0.3 is 9.80 Å². The van der Waals surface area contributed by atoms with Crippen LogP contribution < -0.4 is 15.4 Å². The molecule has 2 heterocycles. The first-order valence-electron chi connectivity index (χ1n) is 11.2. The summed E-state index contributed by atoms with van der Waals surface area (Å²) in [5.41, 5.74) is 5.84. The van der Waals surface area contributed by atoms with Crippen LogP contribution in [0.4, 0.5) is 11.6 Å². The van der Waals surface area contributed by atoms with Gasteiger partial charge in [-0.25, -0.2) is 4.98 Å². The molecular formula is C27H28N4O. The lowest BCUT2D eigenvalue weighted by molar-refractivity contribution is 0.611. The van der Waals surface area contributed by atoms with Crippen LogP contribution >= 0.6 is 0 Å². The van der Waals surface area contributed by atoms with Gasteiger partial charge >= 0.3 is 0 Å². The van der Waals surface area contributed by atoms with Crippen molar-refractivity contribution < 1.29 is 0 Å². The monoisotopic (exact) mass is 424 g/mol. The van der Waals surface area contributed by atoms with E-state index in [-0.39, 0.29) is 5.56 Å². The number of aryl methyl sites for hydroxylation is 1. The number of piperazine rings is 1. The molecule has 0 amide bonds. The van der Waals surface area contributed by atoms with Crippen molar-refractivity contribution in [3.8, 4) is 0 Å². The fraction of sp³-hybridized carbons (Fsp3) is 0.259. The second-order valence-corrected chi connectivity index (χ2v) is 8.50. The summed E-state index contributed by atoms with van der Waals surface area (Å²) >= 11 is 0. The number of rotatable bonds is 4. The maximum absolute atomic E-state index is 13.5. The van der Waals surface area contributed by atoms with Crippen molar-refractivity contribution in [1.29, 1.82) is 0 Å². The number of benzene rings is 3. The highest BCUT2D eigenvalue weighted by Gasteiger charge is 2.23. The van der Waals surface area contributed by atoms with Gasteiger partial charge in [-0.3, -0.25) is 9.36 Å². The number of hydrogen-bond acceptors (Lipinski definition) is 4. The number of aromatic nitrogens is 2. The molecule has 1 aliphatic rings. The molecule has 162 valence electrons. The maximum Gasteiger partial charge on any atom is 0.263 e. The van der Waals surface area contributed by atoms with Crippen molar-refractivity contribution in [1.82, 2.24) is 9.55 Å². The van der Waals surface area contributed by atoms with Gasteiger partial charge in [0.15, 0.2) is 0 Å². The number of anilines is 2. The Balaban J connectivity index is 1.49. The molecule has 5 nitrogen and oxygen atoms in total. The van der Waals surface area contributed by atoms with Gasteiger partial charge in [-0.1, -0.05) is 54.6 Å². The number of fused-ring (bicyclic) bond motifs is 1. The van der Waals surface area contributed by atoms with Gasteiger partial charge in [0.2, 0.25) is 5.95 Å². The van der Waals surface area contributed by atoms with E-state index in [1.165, 1.54) is 16.8 Å². The molecule has 0 radical (unpaired) electrons. The molecule has 0 bridgehead atoms. The summed E-state index contributed by atoms with van der Waals surface area (Å²) in [7, 11) is 0. The van der Waals surface area contributed by atoms with Crippen molar-refractivity contribution in [3.63, 3.8) is 0 Å². The number of hydrogen-bond donors (Lipinski definition) is 0. The van der Waals surface area contributed by atoms with E-state index in [4.69, 9.17) is 4.98 Å². The van der Waals surface area contributed by atoms with Gasteiger partial charge in [-0.2, -0.15) is 0 Å². The zero-order chi connectivity index (χ0) is 22.1. The minimum absolute atomic E-state index is 0.0198. The predicted octanol–water partition coefficient (Wildman–Crippen LogP) is 4.39. The lowest BCUT2D eigenvalue weighted by atomic mass is 10.1. The SMILES string of the molecule is Cc1cccc(N2CCN(c3nc4ccccc4c(=O)n3Cc3ccccc3)CC2)c1C. The van der Waals surface area contributed by atoms with Crippen LogP contribution in [0.1, 0.15) is 16.7 Å². The summed E-state index contributed by atoms with van der Waals surface area (Å²) in [6, 6.07) is 24.3. The van der Waals surface area contributed by atoms with Gasteiger partial charge in [0.1, 0.15) is 0 Å². The quantitative estimate of drug-likeness (QED) is 0.487. The van der Waals surface area contributed by atoms with Crippen LogP contribution in [0.25, 0.3) is 10.9 Å². The van der Waals surface area contributed by atoms with E-state index in [9.17, 15) is 4.79 Å². The summed E-state index contributed by atoms with van der Waals surface area (Å²) in [6.07, 6.45) is 0. The second kappa shape index (κ2) is 8.50. The van der Waals surface area contributed by atoms with E-state index >= 15 is 0 Å². The second-order valence-electron chi connectivity index (χ2n) is 8.50. The molecule has 0 N–H and O–H groups in total. The molecule has 5 rings (SSSR count). The third-order valence-corrected chi connectivity index (χ3v) is 6.50. The Morgan fingerprint density at radius 1 is 0.781 bits per heavy atom. The predicted molar refractivity (Wildman–Crippen MR) is 132 cm³/mol. The largest absolute Gasteiger partial charge is 0.368 e. The third kappa shape index (κ3) is 3.75. The fourth-order valence-electron chi connectivity index (χ4n) is 4.53. The number of para-hydroxylation sites is 1. The first-order chi connectivity index (χ1) is 15.6. The lowest BCUT2D eigenvalue weighted by Gasteiger charge is -2.38. The molecule has 1 aliphatic heterocycles. The molecule has 0 aliphatic carbocycles. The van der Waals surface area contributed by atoms with E-state index in [1.807, 2.05) is 47.0 Å². The van der Waals surface area contributed by atoms with Crippen LogP contribution in [0.3, 0.4) is 0 Å². The van der Waals surface area contributed by atoms with Crippen LogP contribution in [0, 0.1) is 13.8 Å². The summed E-state index contributed by atoms with van der Waals surface area (Å²) in [5.74, 6) is 0.762. The Bertz CT molecular complexity index is 1300. The average molecular weight is 425 g/mol. The lowest BCUT2D eigenvalue weighted by Crippen LogP contribution is -2.48. The first-order valence-corrected chi connectivity index (χ1v) is 11.2. The first kappa shape index (κ1) is 20.3. The van der Waals surface area contributed by atoms with Crippen molar-refractivity contribution in [2.24, 2.45) is 0 Å². The van der Waals surface area contributed by atoms with E-state index in [1.54, 1.807) is 0 Å². The highest BCUT2D eigenvalue weighted by atomic mass is 16.1. The molecular weight excluding hydrogens is 396 g/mol. The molecule has 0 spiro atoms. The van der Waals surface area contributed by atoms with Crippen LogP contribution in [-0.2, 0) is 6.54 Å². The highest BCUT2D eigenvalue weighted by Crippen LogP contribution is 2.25. The van der Waals surface area contributed by atoms with Gasteiger partial charge in [0.05, 0.1) is 17.4 Å². The minimum atomic E-state index is 0.0198. The molecule has 5 heteroatoms. The molecule has 1 aromatic heterocycles. The van der Waals surface area contributed by atoms with Crippen molar-refractivity contribution in [3.05, 3.63) is 99.8 Å². The van der Waals surface area contributed by atoms with Gasteiger partial charge in [0.25, 0.3) is 5.56 Å². The summed E-state index contributed by atoms with van der Waals surface area (Å²) < 4.78 is 1.84. The minimum Gasteiger partial charge on any atom is -0.368 e. The van der Waals surface area contributed by atoms with Crippen LogP contribution in [0.5, 0.6) is 0 Å². The van der Waals surface area contributed by atoms with Crippen molar-refractivity contribution in [2.75, 3.05) is 36.0 Å². The van der Waals surface area contributed by atoms with E-state index in [2.05, 4.69) is 54.0 Å². The molecule has 0 saturated carbocycles. The summed E-state index contributed by atoms with van der Waals surface area (Å²) in [6.45, 7) is 8.33. The Morgan fingerprint density at radius 2 is 1.47 bits per heavy atom. The zero-order valence-electron chi connectivity index (χ0n) is 18.7. The fourth-order valence-corrected chi connectivity index (χ4v) is 4.53. The Kier molecular flexibility index (Phi) is 5.39. The smallest absolute Gasteiger partial charge is 0.263 e. The summed E-state index contributed by atoms with van der Waals surface area (Å²) in [4.78, 5) is 23.1. The topological polar surface area (TPSA) is 41.4 Å². The van der Waals surface area contributed by atoms with Gasteiger partial charge in [-0.05, 0) is 48.7 Å². The molecule has 0 atom stereocenters. The third-order valence-electron chi connectivity index (χ3n) is 6.50. The molecule has 32 heavy (non-hydrogen) atoms.